The number of anilines is 3. The van der Waals surface area contributed by atoms with Gasteiger partial charge in [0.15, 0.2) is 5.67 Å². The molecule has 3 fully saturated rings. The molecule has 1 aliphatic carbocycles. The lowest BCUT2D eigenvalue weighted by molar-refractivity contribution is -0.145. The zero-order chi connectivity index (χ0) is 50.9. The SMILES string of the molecule is CNc1nc(Nc2ccc(C(=O)N3CCN(CCOCCOCCOc4cc(-c5scnc5C)ccc4CNC(=O)[C@@H]4C[C@@H](O)CN4C(=O)C(NC(=O)C4(F)CC4)C(C)(C)C)CC3)cc2OC)ncc1Cl. The molecule has 2 aliphatic heterocycles. The van der Waals surface area contributed by atoms with Gasteiger partial charge in [0.2, 0.25) is 17.8 Å². The molecule has 3 aliphatic rings. The van der Waals surface area contributed by atoms with E-state index in [4.69, 9.17) is 30.5 Å². The van der Waals surface area contributed by atoms with E-state index in [9.17, 15) is 28.7 Å². The second-order valence-electron chi connectivity index (χ2n) is 18.8. The number of aryl methyl sites for hydroxylation is 1. The van der Waals surface area contributed by atoms with Crippen molar-refractivity contribution in [3.05, 3.63) is 69.9 Å². The Kier molecular flexibility index (Phi) is 17.7. The molecule has 4 amide bonds. The minimum Gasteiger partial charge on any atom is -0.495 e. The molecule has 2 aromatic heterocycles. The van der Waals surface area contributed by atoms with Gasteiger partial charge in [0.05, 0.1) is 67.6 Å². The van der Waals surface area contributed by atoms with Crippen LogP contribution in [0.3, 0.4) is 0 Å². The van der Waals surface area contributed by atoms with Crippen molar-refractivity contribution < 1.29 is 47.6 Å². The molecule has 22 heteroatoms. The van der Waals surface area contributed by atoms with Gasteiger partial charge in [-0.25, -0.2) is 14.4 Å². The smallest absolute Gasteiger partial charge is 0.258 e. The van der Waals surface area contributed by atoms with E-state index < -0.39 is 47.0 Å². The molecular formula is C49H64ClFN10O9S. The van der Waals surface area contributed by atoms with Crippen molar-refractivity contribution in [1.82, 2.24) is 40.3 Å². The first-order valence-electron chi connectivity index (χ1n) is 23.7. The van der Waals surface area contributed by atoms with Crippen molar-refractivity contribution in [3.63, 3.8) is 0 Å². The van der Waals surface area contributed by atoms with Crippen LogP contribution in [-0.2, 0) is 30.4 Å². The molecule has 2 aromatic carbocycles. The molecule has 384 valence electrons. The van der Waals surface area contributed by atoms with E-state index in [1.165, 1.54) is 29.5 Å². The van der Waals surface area contributed by atoms with E-state index in [0.717, 1.165) is 16.1 Å². The number of nitrogens with zero attached hydrogens (tertiary/aromatic N) is 6. The average Bonchev–Trinajstić information content (AvgIpc) is 3.76. The molecule has 0 spiro atoms. The van der Waals surface area contributed by atoms with Gasteiger partial charge < -0.3 is 55.1 Å². The van der Waals surface area contributed by atoms with E-state index in [0.29, 0.717) is 97.6 Å². The van der Waals surface area contributed by atoms with E-state index in [1.54, 1.807) is 51.5 Å². The zero-order valence-electron chi connectivity index (χ0n) is 41.0. The maximum atomic E-state index is 14.6. The maximum absolute atomic E-state index is 14.6. The molecular weight excluding hydrogens is 959 g/mol. The fourth-order valence-electron chi connectivity index (χ4n) is 8.31. The summed E-state index contributed by atoms with van der Waals surface area (Å²) in [6.07, 6.45) is 0.753. The fraction of sp³-hybridized carbons (Fsp3) is 0.531. The van der Waals surface area contributed by atoms with Gasteiger partial charge in [-0.15, -0.1) is 11.3 Å². The summed E-state index contributed by atoms with van der Waals surface area (Å²) in [5.41, 5.74) is 2.58. The van der Waals surface area contributed by atoms with Gasteiger partial charge >= 0.3 is 0 Å². The number of nitrogens with one attached hydrogen (secondary N) is 4. The number of hydrogen-bond donors (Lipinski definition) is 5. The maximum Gasteiger partial charge on any atom is 0.258 e. The minimum absolute atomic E-state index is 0.0119. The number of piperazine rings is 1. The number of thiazole rings is 1. The lowest BCUT2D eigenvalue weighted by Crippen LogP contribution is -2.59. The van der Waals surface area contributed by atoms with Crippen molar-refractivity contribution in [2.75, 3.05) is 97.1 Å². The first-order chi connectivity index (χ1) is 34.0. The van der Waals surface area contributed by atoms with Gasteiger partial charge in [0, 0.05) is 70.4 Å². The molecule has 7 rings (SSSR count). The molecule has 0 radical (unpaired) electrons. The Labute approximate surface area is 422 Å². The number of alkyl halides is 1. The van der Waals surface area contributed by atoms with Gasteiger partial charge in [0.1, 0.15) is 41.0 Å². The fourth-order valence-corrected chi connectivity index (χ4v) is 9.29. The highest BCUT2D eigenvalue weighted by molar-refractivity contribution is 7.13. The van der Waals surface area contributed by atoms with Crippen LogP contribution in [0.1, 0.15) is 61.6 Å². The Bertz CT molecular complexity index is 2520. The predicted octanol–water partition coefficient (Wildman–Crippen LogP) is 4.84. The highest BCUT2D eigenvalue weighted by atomic mass is 35.5. The number of aromatic nitrogens is 3. The van der Waals surface area contributed by atoms with Crippen molar-refractivity contribution in [1.29, 1.82) is 0 Å². The lowest BCUT2D eigenvalue weighted by atomic mass is 9.85. The van der Waals surface area contributed by atoms with Crippen LogP contribution >= 0.6 is 22.9 Å². The van der Waals surface area contributed by atoms with Gasteiger partial charge in [-0.05, 0) is 55.0 Å². The molecule has 71 heavy (non-hydrogen) atoms. The number of carbonyl (C=O) groups excluding carboxylic acids is 4. The average molecular weight is 1020 g/mol. The van der Waals surface area contributed by atoms with Crippen molar-refractivity contribution in [3.8, 4) is 21.9 Å². The molecule has 1 unspecified atom stereocenters. The Hall–Kier alpha value is -5.71. The molecule has 3 atom stereocenters. The van der Waals surface area contributed by atoms with Crippen LogP contribution in [0.5, 0.6) is 11.5 Å². The highest BCUT2D eigenvalue weighted by Gasteiger charge is 2.53. The van der Waals surface area contributed by atoms with Crippen LogP contribution in [0.25, 0.3) is 10.4 Å². The number of aliphatic hydroxyl groups excluding tert-OH is 1. The van der Waals surface area contributed by atoms with Gasteiger partial charge in [-0.2, -0.15) is 4.98 Å². The largest absolute Gasteiger partial charge is 0.495 e. The van der Waals surface area contributed by atoms with E-state index in [2.05, 4.69) is 41.1 Å². The van der Waals surface area contributed by atoms with Crippen LogP contribution in [0.4, 0.5) is 21.8 Å². The second kappa shape index (κ2) is 23.7. The summed E-state index contributed by atoms with van der Waals surface area (Å²) in [5, 5.41) is 22.6. The quantitative estimate of drug-likeness (QED) is 0.0666. The van der Waals surface area contributed by atoms with Crippen LogP contribution in [0.2, 0.25) is 5.02 Å². The Morgan fingerprint density at radius 2 is 1.72 bits per heavy atom. The van der Waals surface area contributed by atoms with Crippen LogP contribution in [0.15, 0.2) is 48.1 Å². The summed E-state index contributed by atoms with van der Waals surface area (Å²) < 4.78 is 38.2. The molecule has 1 saturated carbocycles. The van der Waals surface area contributed by atoms with Crippen molar-refractivity contribution in [2.45, 2.75) is 77.4 Å². The number of likely N-dealkylation sites (tertiary alicyclic amines) is 1. The number of halogens is 2. The molecule has 2 saturated heterocycles. The van der Waals surface area contributed by atoms with Gasteiger partial charge in [0.25, 0.3) is 11.8 Å². The third-order valence-electron chi connectivity index (χ3n) is 12.6. The number of β-amino-alcohol motifs (C(OH)–C–C–N with tert-alkyl or cyclic N) is 1. The normalized spacial score (nSPS) is 18.2. The number of methoxy groups -OCH3 is 1. The van der Waals surface area contributed by atoms with E-state index >= 15 is 0 Å². The number of amides is 4. The Morgan fingerprint density at radius 1 is 0.986 bits per heavy atom. The minimum atomic E-state index is -1.98. The van der Waals surface area contributed by atoms with Crippen molar-refractivity contribution in [2.24, 2.45) is 5.41 Å². The topological polar surface area (TPSA) is 222 Å². The third-order valence-corrected chi connectivity index (χ3v) is 13.9. The molecule has 5 N–H and O–H groups in total. The Morgan fingerprint density at radius 3 is 2.39 bits per heavy atom. The molecule has 0 bridgehead atoms. The summed E-state index contributed by atoms with van der Waals surface area (Å²) in [5.74, 6) is -0.130. The predicted molar refractivity (Wildman–Crippen MR) is 267 cm³/mol. The van der Waals surface area contributed by atoms with Gasteiger partial charge in [-0.1, -0.05) is 44.5 Å². The standard InChI is InChI=1S/C49H64ClFN10O9S/c1-30-40(71-29-55-30)31-7-8-33(26-53-43(63)37-25-34(62)28-61(37)45(65)41(48(2,3)4)57-46(66)49(51)11-12-49)38(23-31)70-22-21-69-20-19-68-18-17-59-13-15-60(16-14-59)44(64)32-9-10-36(39(24-32)67-6)56-47-54-27-35(50)42(52-5)58-47/h7-10,23-24,27,29,34,37,41,62H,11-22,25-26,28H2,1-6H3,(H,53,63)(H,57,66)(H2,52,54,56,58)/t34-,37+,41?/m1/s1. The first kappa shape index (κ1) is 53.1. The number of carbonyl (C=O) groups is 4. The van der Waals surface area contributed by atoms with E-state index in [1.807, 2.05) is 30.0 Å². The van der Waals surface area contributed by atoms with Gasteiger partial charge in [-0.3, -0.25) is 24.1 Å². The molecule has 19 nitrogen and oxygen atoms in total. The van der Waals surface area contributed by atoms with Crippen molar-refractivity contribution >= 4 is 64.0 Å². The molecule has 4 aromatic rings. The summed E-state index contributed by atoms with van der Waals surface area (Å²) in [6.45, 7) is 12.2. The summed E-state index contributed by atoms with van der Waals surface area (Å²) in [7, 11) is 3.25. The Balaban J connectivity index is 0.834. The third kappa shape index (κ3) is 13.6. The summed E-state index contributed by atoms with van der Waals surface area (Å²) in [4.78, 5) is 73.1. The first-order valence-corrected chi connectivity index (χ1v) is 25.0. The lowest BCUT2D eigenvalue weighted by Gasteiger charge is -2.35. The molecule has 4 heterocycles. The summed E-state index contributed by atoms with van der Waals surface area (Å²) >= 11 is 7.62. The van der Waals surface area contributed by atoms with Crippen LogP contribution in [0, 0.1) is 12.3 Å². The summed E-state index contributed by atoms with van der Waals surface area (Å²) in [6, 6.07) is 8.81. The second-order valence-corrected chi connectivity index (χ2v) is 20.1. The highest BCUT2D eigenvalue weighted by Crippen LogP contribution is 2.41. The monoisotopic (exact) mass is 1020 g/mol. The van der Waals surface area contributed by atoms with Crippen LogP contribution < -0.4 is 30.7 Å². The zero-order valence-corrected chi connectivity index (χ0v) is 42.6. The van der Waals surface area contributed by atoms with Crippen LogP contribution in [-0.4, -0.2) is 169 Å². The number of rotatable bonds is 22. The number of ether oxygens (including phenoxy) is 4. The number of benzene rings is 2. The number of hydrogen-bond acceptors (Lipinski definition) is 16. The van der Waals surface area contributed by atoms with E-state index in [-0.39, 0.29) is 51.5 Å². The number of aliphatic hydroxyl groups is 1.